The number of nitrogens with one attached hydrogen (secondary N) is 2. The summed E-state index contributed by atoms with van der Waals surface area (Å²) in [6.07, 6.45) is 2.41. The van der Waals surface area contributed by atoms with Gasteiger partial charge in [-0.2, -0.15) is 0 Å². The van der Waals surface area contributed by atoms with Crippen LogP contribution in [0, 0.1) is 5.92 Å². The maximum atomic E-state index is 11.6. The van der Waals surface area contributed by atoms with Gasteiger partial charge in [0.15, 0.2) is 5.96 Å². The monoisotopic (exact) mass is 312 g/mol. The average molecular weight is 312 g/mol. The molecule has 2 N–H and O–H groups in total. The van der Waals surface area contributed by atoms with Gasteiger partial charge in [-0.3, -0.25) is 9.59 Å². The minimum Gasteiger partial charge on any atom is -0.469 e. The van der Waals surface area contributed by atoms with E-state index in [0.717, 1.165) is 44.9 Å². The van der Waals surface area contributed by atoms with Crippen LogP contribution in [0.1, 0.15) is 33.1 Å². The lowest BCUT2D eigenvalue weighted by atomic mass is 9.97. The summed E-state index contributed by atoms with van der Waals surface area (Å²) in [4.78, 5) is 29.7. The molecule has 1 saturated heterocycles. The Morgan fingerprint density at radius 2 is 1.91 bits per heavy atom. The Hall–Kier alpha value is -1.79. The third kappa shape index (κ3) is 5.91. The number of ether oxygens (including phenoxy) is 1. The highest BCUT2D eigenvalue weighted by atomic mass is 16.5. The molecule has 1 aliphatic heterocycles. The van der Waals surface area contributed by atoms with Gasteiger partial charge in [0.1, 0.15) is 6.54 Å². The molecule has 0 spiro atoms. The standard InChI is InChI=1S/C15H28N4O3/c1-4-8-17-13(20)11-18-15(16-5-2)19-9-6-12(7-10-19)14(21)22-3/h12H,4-11H2,1-3H3,(H,16,18)(H,17,20). The molecular weight excluding hydrogens is 284 g/mol. The summed E-state index contributed by atoms with van der Waals surface area (Å²) < 4.78 is 4.79. The maximum Gasteiger partial charge on any atom is 0.308 e. The zero-order chi connectivity index (χ0) is 16.4. The summed E-state index contributed by atoms with van der Waals surface area (Å²) >= 11 is 0. The number of guanidine groups is 1. The molecule has 1 amide bonds. The van der Waals surface area contributed by atoms with Crippen molar-refractivity contribution < 1.29 is 14.3 Å². The van der Waals surface area contributed by atoms with Crippen molar-refractivity contribution in [2.24, 2.45) is 10.9 Å². The largest absolute Gasteiger partial charge is 0.469 e. The van der Waals surface area contributed by atoms with Gasteiger partial charge in [-0.15, -0.1) is 0 Å². The smallest absolute Gasteiger partial charge is 0.308 e. The van der Waals surface area contributed by atoms with Crippen LogP contribution in [0.2, 0.25) is 0 Å². The van der Waals surface area contributed by atoms with Gasteiger partial charge < -0.3 is 20.3 Å². The van der Waals surface area contributed by atoms with E-state index in [9.17, 15) is 9.59 Å². The summed E-state index contributed by atoms with van der Waals surface area (Å²) in [6, 6.07) is 0. The molecule has 1 heterocycles. The van der Waals surface area contributed by atoms with E-state index >= 15 is 0 Å². The molecule has 1 fully saturated rings. The highest BCUT2D eigenvalue weighted by molar-refractivity contribution is 5.85. The molecule has 22 heavy (non-hydrogen) atoms. The number of aliphatic imine (C=N–C) groups is 1. The number of amides is 1. The van der Waals surface area contributed by atoms with E-state index in [1.165, 1.54) is 7.11 Å². The topological polar surface area (TPSA) is 83.0 Å². The quantitative estimate of drug-likeness (QED) is 0.420. The van der Waals surface area contributed by atoms with Crippen LogP contribution in [0.5, 0.6) is 0 Å². The number of hydrogen-bond acceptors (Lipinski definition) is 4. The third-order valence-corrected chi connectivity index (χ3v) is 3.61. The average Bonchev–Trinajstić information content (AvgIpc) is 2.56. The van der Waals surface area contributed by atoms with Gasteiger partial charge >= 0.3 is 5.97 Å². The van der Waals surface area contributed by atoms with Gasteiger partial charge in [0.05, 0.1) is 13.0 Å². The van der Waals surface area contributed by atoms with Crippen LogP contribution in [0.3, 0.4) is 0 Å². The summed E-state index contributed by atoms with van der Waals surface area (Å²) in [5.41, 5.74) is 0. The van der Waals surface area contributed by atoms with Crippen molar-refractivity contribution in [3.05, 3.63) is 0 Å². The minimum atomic E-state index is -0.138. The van der Waals surface area contributed by atoms with E-state index in [0.29, 0.717) is 6.54 Å². The molecule has 7 nitrogen and oxygen atoms in total. The first kappa shape index (κ1) is 18.3. The first-order valence-electron chi connectivity index (χ1n) is 8.00. The molecule has 0 aromatic rings. The Labute approximate surface area is 132 Å². The minimum absolute atomic E-state index is 0.0306. The molecule has 1 rings (SSSR count). The fraction of sp³-hybridized carbons (Fsp3) is 0.800. The van der Waals surface area contributed by atoms with Gasteiger partial charge in [0.2, 0.25) is 5.91 Å². The molecule has 0 bridgehead atoms. The van der Waals surface area contributed by atoms with E-state index in [1.807, 2.05) is 13.8 Å². The van der Waals surface area contributed by atoms with Crippen LogP contribution in [0.15, 0.2) is 4.99 Å². The zero-order valence-corrected chi connectivity index (χ0v) is 13.9. The Kier molecular flexibility index (Phi) is 8.32. The molecule has 0 aromatic carbocycles. The van der Waals surface area contributed by atoms with Gasteiger partial charge in [-0.25, -0.2) is 4.99 Å². The molecule has 7 heteroatoms. The number of rotatable bonds is 6. The molecule has 0 aliphatic carbocycles. The molecule has 0 radical (unpaired) electrons. The number of methoxy groups -OCH3 is 1. The zero-order valence-electron chi connectivity index (χ0n) is 13.9. The second-order valence-corrected chi connectivity index (χ2v) is 5.30. The Morgan fingerprint density at radius 1 is 1.23 bits per heavy atom. The van der Waals surface area contributed by atoms with Crippen molar-refractivity contribution in [1.82, 2.24) is 15.5 Å². The predicted molar refractivity (Wildman–Crippen MR) is 85.6 cm³/mol. The number of nitrogens with zero attached hydrogens (tertiary/aromatic N) is 2. The van der Waals surface area contributed by atoms with Gasteiger partial charge in [-0.1, -0.05) is 6.92 Å². The second-order valence-electron chi connectivity index (χ2n) is 5.30. The van der Waals surface area contributed by atoms with Crippen molar-refractivity contribution in [3.8, 4) is 0 Å². The van der Waals surface area contributed by atoms with Crippen molar-refractivity contribution in [1.29, 1.82) is 0 Å². The van der Waals surface area contributed by atoms with E-state index in [2.05, 4.69) is 20.5 Å². The molecule has 0 unspecified atom stereocenters. The van der Waals surface area contributed by atoms with Crippen LogP contribution in [-0.2, 0) is 14.3 Å². The van der Waals surface area contributed by atoms with E-state index in [-0.39, 0.29) is 24.3 Å². The summed E-state index contributed by atoms with van der Waals surface area (Å²) in [5.74, 6) is 0.497. The molecule has 126 valence electrons. The van der Waals surface area contributed by atoms with Crippen LogP contribution in [-0.4, -0.2) is 62.6 Å². The highest BCUT2D eigenvalue weighted by Gasteiger charge is 2.26. The number of carbonyl (C=O) groups excluding carboxylic acids is 2. The van der Waals surface area contributed by atoms with Gasteiger partial charge in [-0.05, 0) is 26.2 Å². The number of carbonyl (C=O) groups is 2. The normalized spacial score (nSPS) is 16.3. The lowest BCUT2D eigenvalue weighted by Crippen LogP contribution is -2.47. The molecule has 0 atom stereocenters. The van der Waals surface area contributed by atoms with Crippen LogP contribution in [0.4, 0.5) is 0 Å². The molecule has 1 aliphatic rings. The summed E-state index contributed by atoms with van der Waals surface area (Å²) in [5, 5.41) is 6.01. The van der Waals surface area contributed by atoms with Gasteiger partial charge in [0.25, 0.3) is 0 Å². The summed E-state index contributed by atoms with van der Waals surface area (Å²) in [7, 11) is 1.43. The number of piperidine rings is 1. The van der Waals surface area contributed by atoms with E-state index in [1.54, 1.807) is 0 Å². The lowest BCUT2D eigenvalue weighted by molar-refractivity contribution is -0.146. The van der Waals surface area contributed by atoms with Crippen molar-refractivity contribution >= 4 is 17.8 Å². The lowest BCUT2D eigenvalue weighted by Gasteiger charge is -2.33. The van der Waals surface area contributed by atoms with Crippen LogP contribution < -0.4 is 10.6 Å². The molecule has 0 saturated carbocycles. The molecule has 0 aromatic heterocycles. The Morgan fingerprint density at radius 3 is 2.45 bits per heavy atom. The molecular formula is C15H28N4O3. The first-order chi connectivity index (χ1) is 10.6. The maximum absolute atomic E-state index is 11.6. The van der Waals surface area contributed by atoms with Crippen LogP contribution in [0.25, 0.3) is 0 Å². The highest BCUT2D eigenvalue weighted by Crippen LogP contribution is 2.18. The van der Waals surface area contributed by atoms with E-state index in [4.69, 9.17) is 4.74 Å². The van der Waals surface area contributed by atoms with Crippen molar-refractivity contribution in [2.45, 2.75) is 33.1 Å². The second kappa shape index (κ2) is 10.0. The fourth-order valence-corrected chi connectivity index (χ4v) is 2.39. The number of hydrogen-bond donors (Lipinski definition) is 2. The Balaban J connectivity index is 2.53. The third-order valence-electron chi connectivity index (χ3n) is 3.61. The summed E-state index contributed by atoms with van der Waals surface area (Å²) in [6.45, 7) is 7.03. The van der Waals surface area contributed by atoms with Crippen molar-refractivity contribution in [3.63, 3.8) is 0 Å². The van der Waals surface area contributed by atoms with Gasteiger partial charge in [0, 0.05) is 26.2 Å². The van der Waals surface area contributed by atoms with E-state index < -0.39 is 0 Å². The number of esters is 1. The first-order valence-corrected chi connectivity index (χ1v) is 8.00. The Bertz CT molecular complexity index is 390. The fourth-order valence-electron chi connectivity index (χ4n) is 2.39. The predicted octanol–water partition coefficient (Wildman–Crippen LogP) is 0.363. The number of likely N-dealkylation sites (tertiary alicyclic amines) is 1. The SMILES string of the molecule is CCCNC(=O)CN=C(NCC)N1CCC(C(=O)OC)CC1. The van der Waals surface area contributed by atoms with Crippen molar-refractivity contribution in [2.75, 3.05) is 39.8 Å². The van der Waals surface area contributed by atoms with Crippen LogP contribution >= 0.6 is 0 Å².